The third-order valence-electron chi connectivity index (χ3n) is 5.85. The van der Waals surface area contributed by atoms with Gasteiger partial charge in [0.1, 0.15) is 6.26 Å². The number of oxazole rings is 1. The molecule has 1 saturated heterocycles. The molecule has 0 saturated carbocycles. The Hall–Kier alpha value is -2.10. The van der Waals surface area contributed by atoms with Crippen molar-refractivity contribution >= 4 is 40.4 Å². The van der Waals surface area contributed by atoms with Gasteiger partial charge in [-0.15, -0.1) is 0 Å². The summed E-state index contributed by atoms with van der Waals surface area (Å²) < 4.78 is 6.11. The fraction of sp³-hybridized carbons (Fsp3) is 0.476. The number of rotatable bonds is 4. The van der Waals surface area contributed by atoms with E-state index >= 15 is 0 Å². The van der Waals surface area contributed by atoms with Gasteiger partial charge < -0.3 is 19.1 Å². The number of piperazine rings is 1. The summed E-state index contributed by atoms with van der Waals surface area (Å²) in [5.74, 6) is 0.0309. The largest absolute Gasteiger partial charge is 0.431 e. The van der Waals surface area contributed by atoms with Crippen molar-refractivity contribution in [3.05, 3.63) is 47.3 Å². The topological polar surface area (TPSA) is 69.9 Å². The molecule has 1 aliphatic carbocycles. The van der Waals surface area contributed by atoms with Gasteiger partial charge in [-0.2, -0.15) is 4.98 Å². The van der Waals surface area contributed by atoms with Crippen LogP contribution >= 0.6 is 22.6 Å². The number of carbonyl (C=O) groups is 2. The van der Waals surface area contributed by atoms with Crippen molar-refractivity contribution in [2.45, 2.75) is 25.3 Å². The first kappa shape index (κ1) is 20.2. The van der Waals surface area contributed by atoms with Crippen LogP contribution in [0.3, 0.4) is 0 Å². The number of aryl methyl sites for hydroxylation is 1. The van der Waals surface area contributed by atoms with Crippen LogP contribution in [0.4, 0.5) is 6.01 Å². The Labute approximate surface area is 184 Å². The number of nitrogens with zero attached hydrogens (tertiary/aromatic N) is 4. The zero-order chi connectivity index (χ0) is 20.4. The lowest BCUT2D eigenvalue weighted by Gasteiger charge is -2.33. The lowest BCUT2D eigenvalue weighted by atomic mass is 9.87. The number of benzene rings is 1. The highest BCUT2D eigenvalue weighted by atomic mass is 127. The van der Waals surface area contributed by atoms with E-state index in [1.54, 1.807) is 4.90 Å². The standard InChI is InChI=1S/C21H25IN4O3/c1-24(18-8-4-6-15-5-2-3-7-16(15)18)20(28)17-14-29-21(23-17)26-11-9-25(10-12-26)19(27)13-22/h2-3,5,7,14,18H,4,6,8-13H2,1H3. The van der Waals surface area contributed by atoms with Gasteiger partial charge in [0.05, 0.1) is 10.5 Å². The van der Waals surface area contributed by atoms with Gasteiger partial charge in [0.15, 0.2) is 5.69 Å². The van der Waals surface area contributed by atoms with Crippen LogP contribution < -0.4 is 4.90 Å². The van der Waals surface area contributed by atoms with Crippen LogP contribution in [0, 0.1) is 0 Å². The molecule has 154 valence electrons. The summed E-state index contributed by atoms with van der Waals surface area (Å²) in [5.41, 5.74) is 2.88. The van der Waals surface area contributed by atoms with Crippen molar-refractivity contribution in [1.82, 2.24) is 14.8 Å². The molecule has 0 spiro atoms. The van der Waals surface area contributed by atoms with E-state index in [9.17, 15) is 9.59 Å². The minimum Gasteiger partial charge on any atom is -0.431 e. The number of halogens is 1. The number of carbonyl (C=O) groups excluding carboxylic acids is 2. The van der Waals surface area contributed by atoms with Gasteiger partial charge in [-0.3, -0.25) is 9.59 Å². The summed E-state index contributed by atoms with van der Waals surface area (Å²) in [4.78, 5) is 35.0. The van der Waals surface area contributed by atoms with Crippen LogP contribution in [0.15, 0.2) is 34.9 Å². The highest BCUT2D eigenvalue weighted by Crippen LogP contribution is 2.34. The van der Waals surface area contributed by atoms with Crippen LogP contribution in [0.2, 0.25) is 0 Å². The molecule has 4 rings (SSSR count). The fourth-order valence-electron chi connectivity index (χ4n) is 4.19. The van der Waals surface area contributed by atoms with E-state index in [0.717, 1.165) is 19.3 Å². The molecule has 7 nitrogen and oxygen atoms in total. The summed E-state index contributed by atoms with van der Waals surface area (Å²) in [6.07, 6.45) is 4.54. The number of amides is 2. The van der Waals surface area contributed by atoms with Crippen LogP contribution in [-0.4, -0.2) is 64.3 Å². The molecule has 1 aromatic heterocycles. The Morgan fingerprint density at radius 1 is 1.24 bits per heavy atom. The van der Waals surface area contributed by atoms with Crippen LogP contribution in [0.5, 0.6) is 0 Å². The van der Waals surface area contributed by atoms with E-state index in [1.165, 1.54) is 17.4 Å². The zero-order valence-electron chi connectivity index (χ0n) is 16.5. The van der Waals surface area contributed by atoms with E-state index in [2.05, 4.69) is 45.8 Å². The first-order valence-electron chi connectivity index (χ1n) is 9.97. The Kier molecular flexibility index (Phi) is 6.07. The van der Waals surface area contributed by atoms with Gasteiger partial charge in [0, 0.05) is 33.2 Å². The normalized spacial score (nSPS) is 19.0. The van der Waals surface area contributed by atoms with E-state index in [4.69, 9.17) is 4.42 Å². The van der Waals surface area contributed by atoms with E-state index in [1.807, 2.05) is 22.9 Å². The molecule has 0 radical (unpaired) electrons. The average Bonchev–Trinajstić information content (AvgIpc) is 3.27. The lowest BCUT2D eigenvalue weighted by Crippen LogP contribution is -2.49. The minimum absolute atomic E-state index is 0.0652. The molecule has 29 heavy (non-hydrogen) atoms. The Morgan fingerprint density at radius 3 is 2.76 bits per heavy atom. The summed E-state index contributed by atoms with van der Waals surface area (Å²) in [6.45, 7) is 2.60. The molecule has 8 heteroatoms. The summed E-state index contributed by atoms with van der Waals surface area (Å²) >= 11 is 2.09. The van der Waals surface area contributed by atoms with Crippen molar-refractivity contribution in [2.75, 3.05) is 42.6 Å². The Bertz CT molecular complexity index is 892. The monoisotopic (exact) mass is 508 g/mol. The van der Waals surface area contributed by atoms with Crippen molar-refractivity contribution in [1.29, 1.82) is 0 Å². The summed E-state index contributed by atoms with van der Waals surface area (Å²) in [5, 5.41) is 0. The van der Waals surface area contributed by atoms with Crippen molar-refractivity contribution in [3.63, 3.8) is 0 Å². The van der Waals surface area contributed by atoms with Gasteiger partial charge in [-0.25, -0.2) is 0 Å². The second-order valence-electron chi connectivity index (χ2n) is 7.54. The molecule has 1 atom stereocenters. The molecule has 1 aromatic carbocycles. The van der Waals surface area contributed by atoms with Crippen LogP contribution in [-0.2, 0) is 11.2 Å². The van der Waals surface area contributed by atoms with Crippen molar-refractivity contribution in [3.8, 4) is 0 Å². The molecule has 0 bridgehead atoms. The highest BCUT2D eigenvalue weighted by Gasteiger charge is 2.30. The molecule has 2 aromatic rings. The molecule has 1 aliphatic heterocycles. The lowest BCUT2D eigenvalue weighted by molar-refractivity contribution is -0.128. The molecule has 2 aliphatic rings. The first-order valence-corrected chi connectivity index (χ1v) is 11.5. The highest BCUT2D eigenvalue weighted by molar-refractivity contribution is 14.1. The average molecular weight is 508 g/mol. The molecular formula is C21H25IN4O3. The van der Waals surface area contributed by atoms with Gasteiger partial charge in [0.25, 0.3) is 11.9 Å². The smallest absolute Gasteiger partial charge is 0.298 e. The Balaban J connectivity index is 1.43. The maximum Gasteiger partial charge on any atom is 0.298 e. The maximum atomic E-state index is 13.1. The minimum atomic E-state index is -0.125. The first-order chi connectivity index (χ1) is 14.1. The van der Waals surface area contributed by atoms with Gasteiger partial charge in [-0.05, 0) is 30.4 Å². The maximum absolute atomic E-state index is 13.1. The third-order valence-corrected chi connectivity index (χ3v) is 6.51. The fourth-order valence-corrected chi connectivity index (χ4v) is 4.67. The number of aromatic nitrogens is 1. The van der Waals surface area contributed by atoms with Crippen molar-refractivity contribution < 1.29 is 14.0 Å². The van der Waals surface area contributed by atoms with E-state index in [0.29, 0.717) is 42.3 Å². The predicted octanol–water partition coefficient (Wildman–Crippen LogP) is 2.91. The number of hydrogen-bond donors (Lipinski definition) is 0. The number of fused-ring (bicyclic) bond motifs is 1. The zero-order valence-corrected chi connectivity index (χ0v) is 18.7. The van der Waals surface area contributed by atoms with Gasteiger partial charge >= 0.3 is 0 Å². The molecule has 1 unspecified atom stereocenters. The van der Waals surface area contributed by atoms with Gasteiger partial charge in [0.2, 0.25) is 5.91 Å². The van der Waals surface area contributed by atoms with Gasteiger partial charge in [-0.1, -0.05) is 46.9 Å². The van der Waals surface area contributed by atoms with E-state index < -0.39 is 0 Å². The second kappa shape index (κ2) is 8.73. The molecule has 2 amide bonds. The summed E-state index contributed by atoms with van der Waals surface area (Å²) in [7, 11) is 1.85. The predicted molar refractivity (Wildman–Crippen MR) is 118 cm³/mol. The van der Waals surface area contributed by atoms with E-state index in [-0.39, 0.29) is 17.9 Å². The van der Waals surface area contributed by atoms with Crippen molar-refractivity contribution in [2.24, 2.45) is 0 Å². The quantitative estimate of drug-likeness (QED) is 0.470. The second-order valence-corrected chi connectivity index (χ2v) is 8.30. The molecule has 1 fully saturated rings. The number of alkyl halides is 1. The molecule has 0 N–H and O–H groups in total. The van der Waals surface area contributed by atoms with Crippen LogP contribution in [0.25, 0.3) is 0 Å². The molecular weight excluding hydrogens is 483 g/mol. The number of hydrogen-bond acceptors (Lipinski definition) is 5. The summed E-state index contributed by atoms with van der Waals surface area (Å²) in [6, 6.07) is 8.87. The molecule has 2 heterocycles. The third kappa shape index (κ3) is 4.12. The van der Waals surface area contributed by atoms with Crippen LogP contribution in [0.1, 0.15) is 40.5 Å². The Morgan fingerprint density at radius 2 is 2.00 bits per heavy atom. The SMILES string of the molecule is CN(C(=O)c1coc(N2CCN(C(=O)CI)CC2)n1)C1CCCc2ccccc21. The number of anilines is 1.